The smallest absolute Gasteiger partial charge is 0.244 e. The SMILES string of the molecule is COc1ccc(N2CCN(C(=O)Cn3cc(Cl)cn3)CC2)cc1. The Morgan fingerprint density at radius 3 is 2.48 bits per heavy atom. The van der Waals surface area contributed by atoms with Crippen molar-refractivity contribution in [1.29, 1.82) is 0 Å². The van der Waals surface area contributed by atoms with Crippen molar-refractivity contribution in [2.45, 2.75) is 6.54 Å². The van der Waals surface area contributed by atoms with Crippen LogP contribution in [-0.2, 0) is 11.3 Å². The summed E-state index contributed by atoms with van der Waals surface area (Å²) in [5.41, 5.74) is 1.15. The Morgan fingerprint density at radius 2 is 1.91 bits per heavy atom. The van der Waals surface area contributed by atoms with Crippen molar-refractivity contribution in [3.05, 3.63) is 41.7 Å². The second-order valence-corrected chi connectivity index (χ2v) is 5.86. The Labute approximate surface area is 140 Å². The van der Waals surface area contributed by atoms with E-state index in [4.69, 9.17) is 16.3 Å². The summed E-state index contributed by atoms with van der Waals surface area (Å²) < 4.78 is 6.74. The van der Waals surface area contributed by atoms with Gasteiger partial charge >= 0.3 is 0 Å². The fourth-order valence-corrected chi connectivity index (χ4v) is 2.83. The lowest BCUT2D eigenvalue weighted by molar-refractivity contribution is -0.132. The van der Waals surface area contributed by atoms with Crippen LogP contribution in [0.2, 0.25) is 5.02 Å². The molecule has 2 aromatic rings. The topological polar surface area (TPSA) is 50.6 Å². The van der Waals surface area contributed by atoms with Crippen LogP contribution in [-0.4, -0.2) is 53.9 Å². The highest BCUT2D eigenvalue weighted by Gasteiger charge is 2.21. The van der Waals surface area contributed by atoms with E-state index in [1.54, 1.807) is 18.0 Å². The number of carbonyl (C=O) groups is 1. The molecule has 1 aromatic carbocycles. The average Bonchev–Trinajstić information content (AvgIpc) is 3.00. The van der Waals surface area contributed by atoms with Gasteiger partial charge in [-0.25, -0.2) is 0 Å². The number of nitrogens with zero attached hydrogens (tertiary/aromatic N) is 4. The fourth-order valence-electron chi connectivity index (χ4n) is 2.67. The van der Waals surface area contributed by atoms with Crippen LogP contribution in [0.15, 0.2) is 36.7 Å². The van der Waals surface area contributed by atoms with Gasteiger partial charge in [0, 0.05) is 38.1 Å². The van der Waals surface area contributed by atoms with E-state index in [-0.39, 0.29) is 12.5 Å². The molecular formula is C16H19ClN4O2. The lowest BCUT2D eigenvalue weighted by Crippen LogP contribution is -2.49. The summed E-state index contributed by atoms with van der Waals surface area (Å²) in [5, 5.41) is 4.59. The van der Waals surface area contributed by atoms with E-state index in [0.29, 0.717) is 18.1 Å². The lowest BCUT2D eigenvalue weighted by Gasteiger charge is -2.36. The number of methoxy groups -OCH3 is 1. The Balaban J connectivity index is 1.54. The minimum atomic E-state index is 0.0687. The number of aromatic nitrogens is 2. The van der Waals surface area contributed by atoms with Gasteiger partial charge in [0.25, 0.3) is 0 Å². The molecule has 2 heterocycles. The van der Waals surface area contributed by atoms with Crippen molar-refractivity contribution in [1.82, 2.24) is 14.7 Å². The maximum absolute atomic E-state index is 12.3. The molecular weight excluding hydrogens is 316 g/mol. The van der Waals surface area contributed by atoms with E-state index >= 15 is 0 Å². The number of ether oxygens (including phenoxy) is 1. The fraction of sp³-hybridized carbons (Fsp3) is 0.375. The van der Waals surface area contributed by atoms with Crippen molar-refractivity contribution >= 4 is 23.2 Å². The zero-order valence-corrected chi connectivity index (χ0v) is 13.7. The number of hydrogen-bond acceptors (Lipinski definition) is 4. The summed E-state index contributed by atoms with van der Waals surface area (Å²) in [6.45, 7) is 3.28. The zero-order valence-electron chi connectivity index (χ0n) is 13.0. The first-order valence-electron chi connectivity index (χ1n) is 7.50. The van der Waals surface area contributed by atoms with E-state index in [1.807, 2.05) is 29.2 Å². The highest BCUT2D eigenvalue weighted by molar-refractivity contribution is 6.30. The molecule has 1 amide bonds. The van der Waals surface area contributed by atoms with Crippen LogP contribution in [0.5, 0.6) is 5.75 Å². The minimum Gasteiger partial charge on any atom is -0.497 e. The number of halogens is 1. The quantitative estimate of drug-likeness (QED) is 0.857. The van der Waals surface area contributed by atoms with Gasteiger partial charge in [-0.15, -0.1) is 0 Å². The third kappa shape index (κ3) is 3.76. The molecule has 23 heavy (non-hydrogen) atoms. The van der Waals surface area contributed by atoms with Crippen LogP contribution >= 0.6 is 11.6 Å². The van der Waals surface area contributed by atoms with Gasteiger partial charge in [0.15, 0.2) is 0 Å². The predicted molar refractivity (Wildman–Crippen MR) is 89.0 cm³/mol. The first kappa shape index (κ1) is 15.7. The number of carbonyl (C=O) groups excluding carboxylic acids is 1. The van der Waals surface area contributed by atoms with E-state index in [0.717, 1.165) is 24.5 Å². The first-order chi connectivity index (χ1) is 11.2. The van der Waals surface area contributed by atoms with E-state index in [2.05, 4.69) is 10.00 Å². The molecule has 0 saturated carbocycles. The van der Waals surface area contributed by atoms with Gasteiger partial charge < -0.3 is 14.5 Å². The molecule has 3 rings (SSSR count). The maximum atomic E-state index is 12.3. The lowest BCUT2D eigenvalue weighted by atomic mass is 10.2. The van der Waals surface area contributed by atoms with Crippen LogP contribution in [0.1, 0.15) is 0 Å². The number of amides is 1. The van der Waals surface area contributed by atoms with Gasteiger partial charge in [0.1, 0.15) is 12.3 Å². The molecule has 0 aliphatic carbocycles. The molecule has 0 bridgehead atoms. The van der Waals surface area contributed by atoms with Crippen LogP contribution in [0.25, 0.3) is 0 Å². The summed E-state index contributed by atoms with van der Waals surface area (Å²) >= 11 is 5.81. The summed E-state index contributed by atoms with van der Waals surface area (Å²) in [7, 11) is 1.66. The zero-order chi connectivity index (χ0) is 16.2. The van der Waals surface area contributed by atoms with Crippen molar-refractivity contribution < 1.29 is 9.53 Å². The van der Waals surface area contributed by atoms with Crippen LogP contribution in [0.3, 0.4) is 0 Å². The number of benzene rings is 1. The van der Waals surface area contributed by atoms with Gasteiger partial charge in [-0.2, -0.15) is 5.10 Å². The highest BCUT2D eigenvalue weighted by Crippen LogP contribution is 2.20. The number of rotatable bonds is 4. The van der Waals surface area contributed by atoms with Gasteiger partial charge in [-0.1, -0.05) is 11.6 Å². The largest absolute Gasteiger partial charge is 0.497 e. The molecule has 0 spiro atoms. The van der Waals surface area contributed by atoms with Crippen LogP contribution in [0, 0.1) is 0 Å². The standard InChI is InChI=1S/C16H19ClN4O2/c1-23-15-4-2-14(3-5-15)19-6-8-20(9-7-19)16(22)12-21-11-13(17)10-18-21/h2-5,10-11H,6-9,12H2,1H3. The van der Waals surface area contributed by atoms with Gasteiger partial charge in [0.05, 0.1) is 18.3 Å². The molecule has 0 radical (unpaired) electrons. The molecule has 0 N–H and O–H groups in total. The van der Waals surface area contributed by atoms with Crippen molar-refractivity contribution in [2.24, 2.45) is 0 Å². The molecule has 7 heteroatoms. The molecule has 1 aliphatic heterocycles. The van der Waals surface area contributed by atoms with Gasteiger partial charge in [-0.05, 0) is 24.3 Å². The molecule has 1 saturated heterocycles. The predicted octanol–water partition coefficient (Wildman–Crippen LogP) is 1.89. The summed E-state index contributed by atoms with van der Waals surface area (Å²) in [6.07, 6.45) is 3.20. The molecule has 6 nitrogen and oxygen atoms in total. The molecule has 0 atom stereocenters. The van der Waals surface area contributed by atoms with Crippen LogP contribution in [0.4, 0.5) is 5.69 Å². The van der Waals surface area contributed by atoms with Crippen molar-refractivity contribution in [2.75, 3.05) is 38.2 Å². The number of hydrogen-bond donors (Lipinski definition) is 0. The second kappa shape index (κ2) is 6.91. The molecule has 0 unspecified atom stereocenters. The second-order valence-electron chi connectivity index (χ2n) is 5.42. The number of anilines is 1. The Kier molecular flexibility index (Phi) is 4.71. The van der Waals surface area contributed by atoms with E-state index in [1.165, 1.54) is 6.20 Å². The summed E-state index contributed by atoms with van der Waals surface area (Å²) in [5.74, 6) is 0.916. The van der Waals surface area contributed by atoms with Crippen molar-refractivity contribution in [3.8, 4) is 5.75 Å². The van der Waals surface area contributed by atoms with Crippen molar-refractivity contribution in [3.63, 3.8) is 0 Å². The summed E-state index contributed by atoms with van der Waals surface area (Å²) in [4.78, 5) is 16.4. The minimum absolute atomic E-state index is 0.0687. The third-order valence-corrected chi connectivity index (χ3v) is 4.16. The Hall–Kier alpha value is -2.21. The number of piperazine rings is 1. The first-order valence-corrected chi connectivity index (χ1v) is 7.88. The highest BCUT2D eigenvalue weighted by atomic mass is 35.5. The monoisotopic (exact) mass is 334 g/mol. The third-order valence-electron chi connectivity index (χ3n) is 3.97. The van der Waals surface area contributed by atoms with Gasteiger partial charge in [-0.3, -0.25) is 9.48 Å². The summed E-state index contributed by atoms with van der Waals surface area (Å²) in [6, 6.07) is 7.99. The Morgan fingerprint density at radius 1 is 1.22 bits per heavy atom. The molecule has 1 aromatic heterocycles. The molecule has 1 fully saturated rings. The van der Waals surface area contributed by atoms with E-state index < -0.39 is 0 Å². The van der Waals surface area contributed by atoms with Crippen LogP contribution < -0.4 is 9.64 Å². The normalized spacial score (nSPS) is 14.9. The molecule has 1 aliphatic rings. The average molecular weight is 335 g/mol. The van der Waals surface area contributed by atoms with E-state index in [9.17, 15) is 4.79 Å². The van der Waals surface area contributed by atoms with Gasteiger partial charge in [0.2, 0.25) is 5.91 Å². The maximum Gasteiger partial charge on any atom is 0.244 e. The Bertz CT molecular complexity index is 663. The molecule has 122 valence electrons.